The first-order valence-electron chi connectivity index (χ1n) is 8.04. The molecule has 2 aliphatic rings. The van der Waals surface area contributed by atoms with Crippen LogP contribution in [0.1, 0.15) is 24.1 Å². The first kappa shape index (κ1) is 17.0. The SMILES string of the molecule is C=CC(=O)N(C)C1[C@H]2CN(C(C)c3ccc(C(F)(F)F)cc3)C[C@@H]12. The third-order valence-electron chi connectivity index (χ3n) is 5.41. The number of halogens is 3. The number of likely N-dealkylation sites (tertiary alicyclic amines) is 1. The molecule has 0 bridgehead atoms. The second-order valence-electron chi connectivity index (χ2n) is 6.72. The standard InChI is InChI=1S/C18H21F3N2O/c1-4-16(24)22(3)17-14-9-23(10-15(14)17)11(2)12-5-7-13(8-6-12)18(19,20)21/h4-8,11,14-15,17H,1,9-10H2,2-3H3/t11?,14-,15+,17?. The fraction of sp³-hybridized carbons (Fsp3) is 0.500. The molecule has 1 saturated carbocycles. The Morgan fingerprint density at radius 2 is 1.83 bits per heavy atom. The number of carbonyl (C=O) groups excluding carboxylic acids is 1. The Labute approximate surface area is 139 Å². The Bertz CT molecular complexity index is 629. The van der Waals surface area contributed by atoms with Crippen LogP contribution < -0.4 is 0 Å². The summed E-state index contributed by atoms with van der Waals surface area (Å²) < 4.78 is 37.9. The normalized spacial score (nSPS) is 27.5. The molecule has 1 heterocycles. The summed E-state index contributed by atoms with van der Waals surface area (Å²) in [6.45, 7) is 7.26. The number of alkyl halides is 3. The Kier molecular flexibility index (Phi) is 4.20. The average molecular weight is 338 g/mol. The zero-order valence-corrected chi connectivity index (χ0v) is 13.8. The van der Waals surface area contributed by atoms with Crippen molar-refractivity contribution in [3.63, 3.8) is 0 Å². The summed E-state index contributed by atoms with van der Waals surface area (Å²) in [7, 11) is 1.80. The zero-order chi connectivity index (χ0) is 17.6. The maximum atomic E-state index is 12.6. The van der Waals surface area contributed by atoms with Crippen LogP contribution >= 0.6 is 0 Å². The van der Waals surface area contributed by atoms with E-state index in [2.05, 4.69) is 11.5 Å². The van der Waals surface area contributed by atoms with E-state index < -0.39 is 11.7 Å². The highest BCUT2D eigenvalue weighted by Gasteiger charge is 2.58. The van der Waals surface area contributed by atoms with E-state index in [1.807, 2.05) is 6.92 Å². The van der Waals surface area contributed by atoms with E-state index in [-0.39, 0.29) is 18.0 Å². The van der Waals surface area contributed by atoms with Crippen molar-refractivity contribution in [3.05, 3.63) is 48.0 Å². The number of nitrogens with zero attached hydrogens (tertiary/aromatic N) is 2. The van der Waals surface area contributed by atoms with Gasteiger partial charge < -0.3 is 4.90 Å². The van der Waals surface area contributed by atoms with E-state index >= 15 is 0 Å². The largest absolute Gasteiger partial charge is 0.416 e. The van der Waals surface area contributed by atoms with Gasteiger partial charge in [-0.05, 0) is 42.5 Å². The molecule has 1 aromatic carbocycles. The van der Waals surface area contributed by atoms with Gasteiger partial charge in [0.2, 0.25) is 5.91 Å². The first-order valence-corrected chi connectivity index (χ1v) is 8.04. The molecule has 4 atom stereocenters. The minimum absolute atomic E-state index is 0.0586. The minimum atomic E-state index is -4.30. The molecule has 3 rings (SSSR count). The van der Waals surface area contributed by atoms with Crippen molar-refractivity contribution in [1.29, 1.82) is 0 Å². The molecule has 0 aromatic heterocycles. The van der Waals surface area contributed by atoms with Crippen molar-refractivity contribution >= 4 is 5.91 Å². The van der Waals surface area contributed by atoms with E-state index in [0.29, 0.717) is 11.8 Å². The fourth-order valence-corrected chi connectivity index (χ4v) is 3.87. The number of rotatable bonds is 4. The van der Waals surface area contributed by atoms with Gasteiger partial charge in [0.15, 0.2) is 0 Å². The van der Waals surface area contributed by atoms with Gasteiger partial charge in [-0.2, -0.15) is 13.2 Å². The lowest BCUT2D eigenvalue weighted by molar-refractivity contribution is -0.137. The van der Waals surface area contributed by atoms with E-state index in [1.165, 1.54) is 6.08 Å². The van der Waals surface area contributed by atoms with Crippen LogP contribution in [0.2, 0.25) is 0 Å². The summed E-state index contributed by atoms with van der Waals surface area (Å²) in [5.41, 5.74) is 0.267. The summed E-state index contributed by atoms with van der Waals surface area (Å²) in [6.07, 6.45) is -2.97. The van der Waals surface area contributed by atoms with Crippen molar-refractivity contribution in [3.8, 4) is 0 Å². The molecule has 2 unspecified atom stereocenters. The van der Waals surface area contributed by atoms with Crippen molar-refractivity contribution < 1.29 is 18.0 Å². The van der Waals surface area contributed by atoms with Crippen molar-refractivity contribution in [2.45, 2.75) is 25.2 Å². The van der Waals surface area contributed by atoms with Crippen LogP contribution in [-0.4, -0.2) is 41.9 Å². The fourth-order valence-electron chi connectivity index (χ4n) is 3.87. The van der Waals surface area contributed by atoms with Gasteiger partial charge >= 0.3 is 6.18 Å². The molecule has 1 saturated heterocycles. The second kappa shape index (κ2) is 5.92. The number of hydrogen-bond acceptors (Lipinski definition) is 2. The molecule has 2 fully saturated rings. The molecule has 1 aromatic rings. The van der Waals surface area contributed by atoms with Crippen LogP contribution in [0.4, 0.5) is 13.2 Å². The molecule has 0 N–H and O–H groups in total. The van der Waals surface area contributed by atoms with Gasteiger partial charge in [0, 0.05) is 32.2 Å². The minimum Gasteiger partial charge on any atom is -0.339 e. The summed E-state index contributed by atoms with van der Waals surface area (Å²) in [5, 5.41) is 0. The highest BCUT2D eigenvalue weighted by atomic mass is 19.4. The highest BCUT2D eigenvalue weighted by Crippen LogP contribution is 2.50. The van der Waals surface area contributed by atoms with Gasteiger partial charge in [-0.15, -0.1) is 0 Å². The maximum absolute atomic E-state index is 12.6. The molecule has 0 spiro atoms. The Balaban J connectivity index is 1.60. The van der Waals surface area contributed by atoms with Crippen molar-refractivity contribution in [1.82, 2.24) is 9.80 Å². The van der Waals surface area contributed by atoms with Crippen LogP contribution in [0.25, 0.3) is 0 Å². The third kappa shape index (κ3) is 2.95. The number of fused-ring (bicyclic) bond motifs is 1. The lowest BCUT2D eigenvalue weighted by Crippen LogP contribution is -2.36. The summed E-state index contributed by atoms with van der Waals surface area (Å²) in [6, 6.07) is 5.74. The van der Waals surface area contributed by atoms with Gasteiger partial charge in [-0.3, -0.25) is 9.69 Å². The predicted molar refractivity (Wildman–Crippen MR) is 85.2 cm³/mol. The monoisotopic (exact) mass is 338 g/mol. The number of carbonyl (C=O) groups is 1. The Morgan fingerprint density at radius 3 is 2.29 bits per heavy atom. The quantitative estimate of drug-likeness (QED) is 0.786. The molecule has 1 amide bonds. The Morgan fingerprint density at radius 1 is 1.29 bits per heavy atom. The maximum Gasteiger partial charge on any atom is 0.416 e. The number of likely N-dealkylation sites (N-methyl/N-ethyl adjacent to an activating group) is 1. The van der Waals surface area contributed by atoms with Crippen molar-refractivity contribution in [2.75, 3.05) is 20.1 Å². The smallest absolute Gasteiger partial charge is 0.339 e. The van der Waals surface area contributed by atoms with Crippen LogP contribution in [-0.2, 0) is 11.0 Å². The van der Waals surface area contributed by atoms with Crippen LogP contribution in [0.3, 0.4) is 0 Å². The number of benzene rings is 1. The van der Waals surface area contributed by atoms with Crippen LogP contribution in [0.15, 0.2) is 36.9 Å². The van der Waals surface area contributed by atoms with Crippen LogP contribution in [0.5, 0.6) is 0 Å². The number of piperidine rings is 1. The molecule has 3 nitrogen and oxygen atoms in total. The first-order chi connectivity index (χ1) is 11.2. The second-order valence-corrected chi connectivity index (χ2v) is 6.72. The number of hydrogen-bond donors (Lipinski definition) is 0. The van der Waals surface area contributed by atoms with E-state index in [0.717, 1.165) is 30.8 Å². The van der Waals surface area contributed by atoms with Crippen LogP contribution in [0, 0.1) is 11.8 Å². The van der Waals surface area contributed by atoms with Gasteiger partial charge in [0.25, 0.3) is 0 Å². The van der Waals surface area contributed by atoms with Crippen molar-refractivity contribution in [2.24, 2.45) is 11.8 Å². The van der Waals surface area contributed by atoms with Gasteiger partial charge in [-0.25, -0.2) is 0 Å². The molecular formula is C18H21F3N2O. The van der Waals surface area contributed by atoms with Gasteiger partial charge in [-0.1, -0.05) is 18.7 Å². The van der Waals surface area contributed by atoms with E-state index in [9.17, 15) is 18.0 Å². The summed E-state index contributed by atoms with van der Waals surface area (Å²) >= 11 is 0. The lowest BCUT2D eigenvalue weighted by atomic mass is 10.0. The average Bonchev–Trinajstić information content (AvgIpc) is 3.05. The predicted octanol–water partition coefficient (Wildman–Crippen LogP) is 3.34. The molecule has 130 valence electrons. The number of amides is 1. The molecule has 1 aliphatic carbocycles. The van der Waals surface area contributed by atoms with Gasteiger partial charge in [0.1, 0.15) is 0 Å². The van der Waals surface area contributed by atoms with E-state index in [1.54, 1.807) is 24.1 Å². The topological polar surface area (TPSA) is 23.6 Å². The molecule has 0 radical (unpaired) electrons. The summed E-state index contributed by atoms with van der Waals surface area (Å²) in [5.74, 6) is 0.850. The summed E-state index contributed by atoms with van der Waals surface area (Å²) in [4.78, 5) is 15.7. The lowest BCUT2D eigenvalue weighted by Gasteiger charge is -2.29. The van der Waals surface area contributed by atoms with E-state index in [4.69, 9.17) is 0 Å². The Hall–Kier alpha value is -1.82. The third-order valence-corrected chi connectivity index (χ3v) is 5.41. The van der Waals surface area contributed by atoms with Gasteiger partial charge in [0.05, 0.1) is 5.56 Å². The molecular weight excluding hydrogens is 317 g/mol. The highest BCUT2D eigenvalue weighted by molar-refractivity contribution is 5.87. The zero-order valence-electron chi connectivity index (χ0n) is 13.8. The molecule has 6 heteroatoms. The molecule has 1 aliphatic heterocycles. The molecule has 24 heavy (non-hydrogen) atoms.